The second-order valence-corrected chi connectivity index (χ2v) is 15.0. The molecule has 3 aliphatic heterocycles. The van der Waals surface area contributed by atoms with E-state index in [-0.39, 0.29) is 43.0 Å². The Morgan fingerprint density at radius 1 is 0.981 bits per heavy atom. The van der Waals surface area contributed by atoms with Crippen molar-refractivity contribution in [1.29, 1.82) is 0 Å². The van der Waals surface area contributed by atoms with Crippen LogP contribution in [-0.4, -0.2) is 110 Å². The molecule has 2 amide bonds. The smallest absolute Gasteiger partial charge is 0.407 e. The average Bonchev–Trinajstić information content (AvgIpc) is 3.79. The molecule has 1 N–H and O–H groups in total. The fraction of sp³-hybridized carbons (Fsp3) is 0.526. The fourth-order valence-corrected chi connectivity index (χ4v) is 8.17. The molecule has 0 saturated carbocycles. The molecule has 4 aliphatic rings. The summed E-state index contributed by atoms with van der Waals surface area (Å²) in [6.07, 6.45) is 0.553. The number of aryl methyl sites for hydroxylation is 1. The minimum atomic E-state index is -1.02. The number of alkyl carbamates (subject to hydrolysis) is 1. The molecule has 0 radical (unpaired) electrons. The van der Waals surface area contributed by atoms with Crippen molar-refractivity contribution in [3.63, 3.8) is 0 Å². The number of benzene rings is 2. The Kier molecular flexibility index (Phi) is 11.8. The van der Waals surface area contributed by atoms with Crippen LogP contribution in [0.15, 0.2) is 30.3 Å². The SMILES string of the molecule is COC[C@H]1C[C@@H](C(=O)OCC(=O)c2ccc3c(c2)COc2cc4c(cc2-3)CCC(OC(=O)[C@@H]2CCCN2C(=O)[C@@H](NC(=O)OC)C(C)C)C4=O)N(P)C1. The maximum Gasteiger partial charge on any atom is 0.407 e. The van der Waals surface area contributed by atoms with Gasteiger partial charge in [0, 0.05) is 36.9 Å². The summed E-state index contributed by atoms with van der Waals surface area (Å²) in [7, 11) is 5.39. The molecule has 2 aromatic carbocycles. The summed E-state index contributed by atoms with van der Waals surface area (Å²) in [5.74, 6) is -1.71. The van der Waals surface area contributed by atoms with Crippen LogP contribution in [0, 0.1) is 11.8 Å². The highest BCUT2D eigenvalue weighted by atomic mass is 31.0. The van der Waals surface area contributed by atoms with Gasteiger partial charge in [0.2, 0.25) is 11.7 Å². The molecule has 2 unspecified atom stereocenters. The quantitative estimate of drug-likeness (QED) is 0.154. The van der Waals surface area contributed by atoms with Gasteiger partial charge in [-0.05, 0) is 78.8 Å². The predicted octanol–water partition coefficient (Wildman–Crippen LogP) is 3.51. The van der Waals surface area contributed by atoms with E-state index in [1.807, 2.05) is 16.8 Å². The van der Waals surface area contributed by atoms with Gasteiger partial charge in [-0.3, -0.25) is 23.8 Å². The molecular formula is C38H46N3O11P. The number of methoxy groups -OCH3 is 2. The molecule has 6 atom stereocenters. The largest absolute Gasteiger partial charge is 0.488 e. The van der Waals surface area contributed by atoms with Gasteiger partial charge >= 0.3 is 18.0 Å². The van der Waals surface area contributed by atoms with Crippen LogP contribution in [0.2, 0.25) is 0 Å². The Labute approximate surface area is 310 Å². The number of fused-ring (bicyclic) bond motifs is 4. The Hall–Kier alpha value is -4.39. The van der Waals surface area contributed by atoms with E-state index in [4.69, 9.17) is 18.9 Å². The van der Waals surface area contributed by atoms with E-state index < -0.39 is 48.2 Å². The number of likely N-dealkylation sites (tertiary alicyclic amines) is 1. The molecule has 284 valence electrons. The zero-order chi connectivity index (χ0) is 38.0. The Balaban J connectivity index is 1.09. The van der Waals surface area contributed by atoms with Crippen LogP contribution in [0.5, 0.6) is 5.75 Å². The number of hydrogen-bond acceptors (Lipinski definition) is 12. The van der Waals surface area contributed by atoms with Crippen molar-refractivity contribution in [1.82, 2.24) is 14.9 Å². The van der Waals surface area contributed by atoms with Crippen LogP contribution in [0.4, 0.5) is 4.79 Å². The summed E-state index contributed by atoms with van der Waals surface area (Å²) < 4.78 is 29.0. The number of ketones is 2. The number of hydrogen-bond donors (Lipinski definition) is 1. The third-order valence-electron chi connectivity index (χ3n) is 10.4. The number of rotatable bonds is 11. The van der Waals surface area contributed by atoms with Gasteiger partial charge in [0.25, 0.3) is 0 Å². The number of carbonyl (C=O) groups excluding carboxylic acids is 6. The van der Waals surface area contributed by atoms with E-state index in [0.29, 0.717) is 62.3 Å². The van der Waals surface area contributed by atoms with Gasteiger partial charge in [-0.25, -0.2) is 9.59 Å². The highest BCUT2D eigenvalue weighted by Crippen LogP contribution is 2.42. The summed E-state index contributed by atoms with van der Waals surface area (Å²) in [5, 5.41) is 2.56. The molecule has 6 rings (SSSR count). The lowest BCUT2D eigenvalue weighted by Gasteiger charge is -2.31. The molecule has 14 nitrogen and oxygen atoms in total. The van der Waals surface area contributed by atoms with Crippen molar-refractivity contribution in [2.75, 3.05) is 40.5 Å². The van der Waals surface area contributed by atoms with Crippen LogP contribution in [-0.2, 0) is 46.4 Å². The van der Waals surface area contributed by atoms with E-state index in [9.17, 15) is 28.8 Å². The van der Waals surface area contributed by atoms with Gasteiger partial charge in [-0.1, -0.05) is 35.4 Å². The van der Waals surface area contributed by atoms with Crippen LogP contribution in [0.25, 0.3) is 11.1 Å². The molecule has 53 heavy (non-hydrogen) atoms. The summed E-state index contributed by atoms with van der Waals surface area (Å²) in [6, 6.07) is 6.67. The minimum Gasteiger partial charge on any atom is -0.488 e. The van der Waals surface area contributed by atoms with Crippen molar-refractivity contribution in [2.45, 2.75) is 76.8 Å². The maximum absolute atomic E-state index is 13.7. The molecule has 2 saturated heterocycles. The standard InChI is InChI=1S/C38H46N3O11P/c1-20(2)33(39-38(47)49-4)35(44)40-11-5-6-28(40)37(46)52-31-10-8-22-14-27-25-9-7-23(13-24(25)18-50-32(27)15-26(22)34(31)43)30(42)19-51-36(45)29-12-21(17-48-3)16-41(29)53/h7,9,13-15,20-21,28-29,31,33H,5-6,8,10-12,16-19,53H2,1-4H3,(H,39,47)/t21-,28-,29-,31?,33-/m0/s1. The Morgan fingerprint density at radius 3 is 2.51 bits per heavy atom. The number of Topliss-reactive ketones (excluding diaryl/α,β-unsaturated/α-hetero) is 2. The maximum atomic E-state index is 13.7. The molecule has 0 bridgehead atoms. The molecule has 2 fully saturated rings. The van der Waals surface area contributed by atoms with Gasteiger partial charge in [0.05, 0.1) is 13.7 Å². The van der Waals surface area contributed by atoms with Crippen LogP contribution in [0.1, 0.15) is 71.4 Å². The zero-order valence-electron chi connectivity index (χ0n) is 30.4. The average molecular weight is 752 g/mol. The van der Waals surface area contributed by atoms with Crippen LogP contribution < -0.4 is 10.1 Å². The Bertz CT molecular complexity index is 1800. The van der Waals surface area contributed by atoms with E-state index in [0.717, 1.165) is 22.3 Å². The first-order valence-electron chi connectivity index (χ1n) is 17.9. The molecule has 3 heterocycles. The summed E-state index contributed by atoms with van der Waals surface area (Å²) in [6.45, 7) is 4.92. The Morgan fingerprint density at radius 2 is 1.77 bits per heavy atom. The zero-order valence-corrected chi connectivity index (χ0v) is 31.5. The number of esters is 2. The minimum absolute atomic E-state index is 0.160. The topological polar surface area (TPSA) is 167 Å². The third-order valence-corrected chi connectivity index (χ3v) is 11.0. The summed E-state index contributed by atoms with van der Waals surface area (Å²) in [4.78, 5) is 79.6. The van der Waals surface area contributed by atoms with Gasteiger partial charge in [-0.15, -0.1) is 0 Å². The van der Waals surface area contributed by atoms with E-state index in [1.54, 1.807) is 39.2 Å². The lowest BCUT2D eigenvalue weighted by atomic mass is 9.84. The molecule has 0 spiro atoms. The van der Waals surface area contributed by atoms with Gasteiger partial charge in [0.1, 0.15) is 30.5 Å². The first kappa shape index (κ1) is 38.3. The first-order chi connectivity index (χ1) is 25.4. The number of amides is 2. The normalized spacial score (nSPS) is 22.6. The van der Waals surface area contributed by atoms with Crippen molar-refractivity contribution >= 4 is 44.9 Å². The van der Waals surface area contributed by atoms with E-state index >= 15 is 0 Å². The van der Waals surface area contributed by atoms with Crippen molar-refractivity contribution < 1.29 is 52.5 Å². The summed E-state index contributed by atoms with van der Waals surface area (Å²) >= 11 is 0. The first-order valence-corrected chi connectivity index (χ1v) is 18.4. The monoisotopic (exact) mass is 751 g/mol. The van der Waals surface area contributed by atoms with Gasteiger partial charge in [-0.2, -0.15) is 0 Å². The van der Waals surface area contributed by atoms with Crippen molar-refractivity contribution in [3.8, 4) is 16.9 Å². The van der Waals surface area contributed by atoms with E-state index in [2.05, 4.69) is 19.4 Å². The molecule has 2 aromatic rings. The highest BCUT2D eigenvalue weighted by Gasteiger charge is 2.42. The van der Waals surface area contributed by atoms with Gasteiger partial charge in [0.15, 0.2) is 18.5 Å². The number of ether oxygens (including phenoxy) is 5. The number of nitrogens with zero attached hydrogens (tertiary/aromatic N) is 2. The second kappa shape index (κ2) is 16.3. The lowest BCUT2D eigenvalue weighted by molar-refractivity contribution is -0.157. The molecule has 1 aliphatic carbocycles. The predicted molar refractivity (Wildman–Crippen MR) is 193 cm³/mol. The lowest BCUT2D eigenvalue weighted by Crippen LogP contribution is -2.54. The van der Waals surface area contributed by atoms with Crippen molar-refractivity contribution in [2.24, 2.45) is 11.8 Å². The van der Waals surface area contributed by atoms with Crippen LogP contribution >= 0.6 is 9.39 Å². The third kappa shape index (κ3) is 8.10. The van der Waals surface area contributed by atoms with Crippen molar-refractivity contribution in [3.05, 3.63) is 52.6 Å². The molecular weight excluding hydrogens is 705 g/mol. The van der Waals surface area contributed by atoms with Crippen LogP contribution in [0.3, 0.4) is 0 Å². The number of carbonyl (C=O) groups is 6. The molecule has 0 aromatic heterocycles. The summed E-state index contributed by atoms with van der Waals surface area (Å²) in [5.41, 5.74) is 4.03. The number of nitrogens with one attached hydrogen (secondary N) is 1. The second-order valence-electron chi connectivity index (χ2n) is 14.3. The fourth-order valence-electron chi connectivity index (χ4n) is 7.63. The highest BCUT2D eigenvalue weighted by molar-refractivity contribution is 7.13. The van der Waals surface area contributed by atoms with Gasteiger partial charge < -0.3 is 33.9 Å². The molecule has 15 heteroatoms. The van der Waals surface area contributed by atoms with E-state index in [1.165, 1.54) is 12.0 Å².